The first-order chi connectivity index (χ1) is 6.35. The first-order valence-electron chi connectivity index (χ1n) is 5.11. The highest BCUT2D eigenvalue weighted by Gasteiger charge is 2.06. The highest BCUT2D eigenvalue weighted by atomic mass is 16.7. The van der Waals surface area contributed by atoms with Crippen LogP contribution in [0.25, 0.3) is 0 Å². The summed E-state index contributed by atoms with van der Waals surface area (Å²) in [6.07, 6.45) is 5.34. The van der Waals surface area contributed by atoms with Crippen LogP contribution in [-0.2, 0) is 9.47 Å². The molecule has 0 saturated carbocycles. The minimum absolute atomic E-state index is 0.0697. The molecule has 0 aromatic rings. The molecule has 0 unspecified atom stereocenters. The molecule has 0 spiro atoms. The summed E-state index contributed by atoms with van der Waals surface area (Å²) in [7, 11) is 0. The Hall–Kier alpha value is -0.340. The summed E-state index contributed by atoms with van der Waals surface area (Å²) in [5.41, 5.74) is 0. The molecule has 1 radical (unpaired) electrons. The van der Waals surface area contributed by atoms with E-state index < -0.39 is 0 Å². The van der Waals surface area contributed by atoms with Gasteiger partial charge in [0, 0.05) is 19.6 Å². The van der Waals surface area contributed by atoms with Crippen molar-refractivity contribution >= 4 is 0 Å². The first-order valence-corrected chi connectivity index (χ1v) is 5.11. The Morgan fingerprint density at radius 2 is 1.69 bits per heavy atom. The number of hydrogen-bond donors (Lipinski definition) is 0. The summed E-state index contributed by atoms with van der Waals surface area (Å²) in [5, 5.41) is 0. The van der Waals surface area contributed by atoms with Crippen molar-refractivity contribution in [1.29, 1.82) is 0 Å². The van der Waals surface area contributed by atoms with Crippen LogP contribution >= 0.6 is 0 Å². The molecule has 0 amide bonds. The molecule has 0 saturated heterocycles. The lowest BCUT2D eigenvalue weighted by atomic mass is 10.3. The third-order valence-electron chi connectivity index (χ3n) is 1.58. The van der Waals surface area contributed by atoms with Crippen molar-refractivity contribution in [3.63, 3.8) is 0 Å². The molecular weight excluding hydrogens is 164 g/mol. The molecule has 13 heavy (non-hydrogen) atoms. The van der Waals surface area contributed by atoms with Crippen LogP contribution in [0.3, 0.4) is 0 Å². The van der Waals surface area contributed by atoms with Gasteiger partial charge in [-0.1, -0.05) is 26.5 Å². The average Bonchev–Trinajstić information content (AvgIpc) is 2.17. The molecule has 77 valence electrons. The van der Waals surface area contributed by atoms with Crippen LogP contribution in [0.4, 0.5) is 0 Å². The molecule has 0 atom stereocenters. The molecule has 0 aromatic heterocycles. The SMILES string of the molecule is [CH]=CCCC(OCCC)OCCC. The van der Waals surface area contributed by atoms with Gasteiger partial charge in [-0.25, -0.2) is 0 Å². The van der Waals surface area contributed by atoms with Gasteiger partial charge in [-0.2, -0.15) is 0 Å². The summed E-state index contributed by atoms with van der Waals surface area (Å²) in [5.74, 6) is 0. The summed E-state index contributed by atoms with van der Waals surface area (Å²) in [4.78, 5) is 0. The minimum Gasteiger partial charge on any atom is -0.353 e. The van der Waals surface area contributed by atoms with Gasteiger partial charge >= 0.3 is 0 Å². The minimum atomic E-state index is -0.0697. The van der Waals surface area contributed by atoms with E-state index in [0.29, 0.717) is 0 Å². The van der Waals surface area contributed by atoms with Crippen LogP contribution < -0.4 is 0 Å². The fraction of sp³-hybridized carbons (Fsp3) is 0.818. The molecular formula is C11H21O2. The van der Waals surface area contributed by atoms with E-state index >= 15 is 0 Å². The Kier molecular flexibility index (Phi) is 9.49. The van der Waals surface area contributed by atoms with Gasteiger partial charge in [0.15, 0.2) is 6.29 Å². The lowest BCUT2D eigenvalue weighted by Gasteiger charge is -2.17. The Balaban J connectivity index is 3.52. The van der Waals surface area contributed by atoms with Gasteiger partial charge in [-0.3, -0.25) is 0 Å². The Morgan fingerprint density at radius 1 is 1.15 bits per heavy atom. The van der Waals surface area contributed by atoms with Gasteiger partial charge < -0.3 is 9.47 Å². The number of hydrogen-bond acceptors (Lipinski definition) is 2. The van der Waals surface area contributed by atoms with E-state index in [0.717, 1.165) is 38.9 Å². The zero-order valence-electron chi connectivity index (χ0n) is 8.79. The van der Waals surface area contributed by atoms with Crippen LogP contribution in [0.15, 0.2) is 6.08 Å². The molecule has 0 fully saturated rings. The summed E-state index contributed by atoms with van der Waals surface area (Å²) >= 11 is 0. The largest absolute Gasteiger partial charge is 0.353 e. The van der Waals surface area contributed by atoms with Crippen molar-refractivity contribution in [2.45, 2.75) is 45.8 Å². The standard InChI is InChI=1S/C11H21O2/c1-4-7-8-11(12-9-5-2)13-10-6-3/h1,4,11H,5-10H2,2-3H3. The molecule has 2 nitrogen and oxygen atoms in total. The second kappa shape index (κ2) is 9.75. The Morgan fingerprint density at radius 3 is 2.08 bits per heavy atom. The number of rotatable bonds is 9. The van der Waals surface area contributed by atoms with E-state index in [-0.39, 0.29) is 6.29 Å². The van der Waals surface area contributed by atoms with Crippen molar-refractivity contribution in [3.05, 3.63) is 12.7 Å². The van der Waals surface area contributed by atoms with Gasteiger partial charge in [0.05, 0.1) is 0 Å². The zero-order valence-corrected chi connectivity index (χ0v) is 8.79. The summed E-state index contributed by atoms with van der Waals surface area (Å²) in [6, 6.07) is 0. The van der Waals surface area contributed by atoms with E-state index in [1.54, 1.807) is 6.08 Å². The van der Waals surface area contributed by atoms with Crippen molar-refractivity contribution in [3.8, 4) is 0 Å². The van der Waals surface area contributed by atoms with Crippen molar-refractivity contribution < 1.29 is 9.47 Å². The van der Waals surface area contributed by atoms with Crippen LogP contribution in [0.2, 0.25) is 0 Å². The highest BCUT2D eigenvalue weighted by molar-refractivity contribution is 4.63. The molecule has 2 heteroatoms. The highest BCUT2D eigenvalue weighted by Crippen LogP contribution is 2.06. The fourth-order valence-corrected chi connectivity index (χ4v) is 0.946. The van der Waals surface area contributed by atoms with Crippen LogP contribution in [0.5, 0.6) is 0 Å². The number of allylic oxidation sites excluding steroid dienone is 1. The maximum Gasteiger partial charge on any atom is 0.157 e. The molecule has 0 N–H and O–H groups in total. The molecule has 0 aromatic carbocycles. The normalized spacial score (nSPS) is 10.7. The van der Waals surface area contributed by atoms with E-state index in [1.807, 2.05) is 0 Å². The third-order valence-corrected chi connectivity index (χ3v) is 1.58. The van der Waals surface area contributed by atoms with E-state index in [2.05, 4.69) is 13.8 Å². The van der Waals surface area contributed by atoms with Gasteiger partial charge in [-0.05, 0) is 19.3 Å². The molecule has 0 aliphatic heterocycles. The van der Waals surface area contributed by atoms with Gasteiger partial charge in [0.1, 0.15) is 0 Å². The van der Waals surface area contributed by atoms with Crippen LogP contribution in [0.1, 0.15) is 39.5 Å². The van der Waals surface area contributed by atoms with Gasteiger partial charge in [0.25, 0.3) is 0 Å². The van der Waals surface area contributed by atoms with E-state index in [4.69, 9.17) is 16.1 Å². The molecule has 0 aliphatic carbocycles. The lowest BCUT2D eigenvalue weighted by Crippen LogP contribution is -2.18. The summed E-state index contributed by atoms with van der Waals surface area (Å²) in [6.45, 7) is 11.0. The molecule has 0 bridgehead atoms. The predicted molar refractivity (Wildman–Crippen MR) is 54.4 cm³/mol. The second-order valence-corrected chi connectivity index (χ2v) is 2.98. The fourth-order valence-electron chi connectivity index (χ4n) is 0.946. The van der Waals surface area contributed by atoms with Crippen molar-refractivity contribution in [2.75, 3.05) is 13.2 Å². The topological polar surface area (TPSA) is 18.5 Å². The molecule has 0 rings (SSSR count). The van der Waals surface area contributed by atoms with Crippen molar-refractivity contribution in [1.82, 2.24) is 0 Å². The average molecular weight is 185 g/mol. The maximum atomic E-state index is 5.50. The van der Waals surface area contributed by atoms with Gasteiger partial charge in [-0.15, -0.1) is 0 Å². The quantitative estimate of drug-likeness (QED) is 0.514. The van der Waals surface area contributed by atoms with Crippen molar-refractivity contribution in [2.24, 2.45) is 0 Å². The second-order valence-electron chi connectivity index (χ2n) is 2.98. The Labute approximate surface area is 81.9 Å². The monoisotopic (exact) mass is 185 g/mol. The maximum absolute atomic E-state index is 5.50. The molecule has 0 aliphatic rings. The van der Waals surface area contributed by atoms with Crippen LogP contribution in [0, 0.1) is 6.58 Å². The van der Waals surface area contributed by atoms with E-state index in [9.17, 15) is 0 Å². The smallest absolute Gasteiger partial charge is 0.157 e. The summed E-state index contributed by atoms with van der Waals surface area (Å²) < 4.78 is 11.0. The third kappa shape index (κ3) is 8.00. The van der Waals surface area contributed by atoms with Crippen LogP contribution in [-0.4, -0.2) is 19.5 Å². The zero-order chi connectivity index (χ0) is 9.94. The number of ether oxygens (including phenoxy) is 2. The van der Waals surface area contributed by atoms with E-state index in [1.165, 1.54) is 0 Å². The first kappa shape index (κ1) is 12.7. The Bertz CT molecular complexity index is 105. The van der Waals surface area contributed by atoms with Gasteiger partial charge in [0.2, 0.25) is 0 Å². The predicted octanol–water partition coefficient (Wildman–Crippen LogP) is 2.94. The molecule has 0 heterocycles. The lowest BCUT2D eigenvalue weighted by molar-refractivity contribution is -0.145.